The number of benzene rings is 1. The van der Waals surface area contributed by atoms with Crippen molar-refractivity contribution in [1.82, 2.24) is 20.4 Å². The molecule has 28 heavy (non-hydrogen) atoms. The number of fused-ring (bicyclic) bond motifs is 1. The number of nitrogens with one attached hydrogen (secondary N) is 2. The number of carbonyl (C=O) groups is 2. The number of rotatable bonds is 5. The van der Waals surface area contributed by atoms with Gasteiger partial charge in [0.2, 0.25) is 11.8 Å². The van der Waals surface area contributed by atoms with Crippen LogP contribution in [0.5, 0.6) is 5.75 Å². The van der Waals surface area contributed by atoms with Gasteiger partial charge in [0.1, 0.15) is 17.9 Å². The zero-order valence-electron chi connectivity index (χ0n) is 17.6. The van der Waals surface area contributed by atoms with Crippen LogP contribution in [0.25, 0.3) is 0 Å². The molecule has 2 amide bonds. The first-order valence-corrected chi connectivity index (χ1v) is 9.32. The highest BCUT2D eigenvalue weighted by Gasteiger charge is 2.34. The maximum atomic E-state index is 12.0. The van der Waals surface area contributed by atoms with Gasteiger partial charge in [0, 0.05) is 40.2 Å². The van der Waals surface area contributed by atoms with Crippen LogP contribution in [0.3, 0.4) is 0 Å². The van der Waals surface area contributed by atoms with Gasteiger partial charge in [0.25, 0.3) is 0 Å². The van der Waals surface area contributed by atoms with Crippen molar-refractivity contribution in [3.63, 3.8) is 0 Å². The number of nitrogens with zero attached hydrogens (tertiary/aromatic N) is 3. The Labute approximate surface area is 166 Å². The van der Waals surface area contributed by atoms with Crippen LogP contribution in [-0.2, 0) is 9.59 Å². The van der Waals surface area contributed by atoms with Crippen molar-refractivity contribution in [2.45, 2.75) is 31.9 Å². The Kier molecular flexibility index (Phi) is 6.88. The van der Waals surface area contributed by atoms with Crippen LogP contribution in [0.15, 0.2) is 29.3 Å². The zero-order valence-corrected chi connectivity index (χ0v) is 17.6. The average Bonchev–Trinajstić information content (AvgIpc) is 2.61. The molecule has 1 atom stereocenters. The van der Waals surface area contributed by atoms with Crippen LogP contribution in [0, 0.1) is 0 Å². The molecule has 1 unspecified atom stereocenters. The van der Waals surface area contributed by atoms with E-state index in [0.717, 1.165) is 11.3 Å². The Bertz CT molecular complexity index is 743. The van der Waals surface area contributed by atoms with Crippen molar-refractivity contribution in [2.75, 3.05) is 41.3 Å². The normalized spacial score (nSPS) is 17.8. The summed E-state index contributed by atoms with van der Waals surface area (Å²) in [5.41, 5.74) is 0.671. The summed E-state index contributed by atoms with van der Waals surface area (Å²) in [5, 5.41) is 6.41. The highest BCUT2D eigenvalue weighted by molar-refractivity contribution is 5.88. The molecule has 0 bridgehead atoms. The smallest absolute Gasteiger partial charge is 0.243 e. The molecule has 0 aromatic heterocycles. The van der Waals surface area contributed by atoms with E-state index < -0.39 is 0 Å². The van der Waals surface area contributed by atoms with E-state index in [9.17, 15) is 9.59 Å². The third kappa shape index (κ3) is 5.87. The maximum absolute atomic E-state index is 12.0. The number of guanidine groups is 1. The molecular weight excluding hydrogens is 358 g/mol. The van der Waals surface area contributed by atoms with Gasteiger partial charge in [-0.3, -0.25) is 9.59 Å². The molecule has 1 heterocycles. The SMILES string of the molecule is CN(C)C(=O)CN=C(NCC(=O)N(C)C)NC1CC(C)(C)Oc2ccccc21. The summed E-state index contributed by atoms with van der Waals surface area (Å²) in [4.78, 5) is 31.3. The molecule has 0 saturated carbocycles. The van der Waals surface area contributed by atoms with Gasteiger partial charge in [-0.05, 0) is 19.9 Å². The van der Waals surface area contributed by atoms with E-state index in [2.05, 4.69) is 15.6 Å². The molecule has 0 aliphatic carbocycles. The first kappa shape index (κ1) is 21.5. The predicted molar refractivity (Wildman–Crippen MR) is 109 cm³/mol. The highest BCUT2D eigenvalue weighted by Crippen LogP contribution is 2.39. The molecule has 0 spiro atoms. The number of para-hydroxylation sites is 1. The van der Waals surface area contributed by atoms with Crippen LogP contribution in [0.4, 0.5) is 0 Å². The lowest BCUT2D eigenvalue weighted by atomic mass is 9.90. The topological polar surface area (TPSA) is 86.3 Å². The molecular formula is C20H31N5O3. The van der Waals surface area contributed by atoms with Gasteiger partial charge < -0.3 is 25.2 Å². The van der Waals surface area contributed by atoms with Crippen LogP contribution in [0.2, 0.25) is 0 Å². The second-order valence-electron chi connectivity index (χ2n) is 7.90. The van der Waals surface area contributed by atoms with Gasteiger partial charge in [-0.25, -0.2) is 4.99 Å². The standard InChI is InChI=1S/C20H31N5O3/c1-20(2)11-15(14-9-7-8-10-16(14)28-20)23-19(21-12-17(26)24(3)4)22-13-18(27)25(5)6/h7-10,15H,11-13H2,1-6H3,(H2,21,22,23). The molecule has 0 fully saturated rings. The van der Waals surface area contributed by atoms with Gasteiger partial charge in [-0.15, -0.1) is 0 Å². The van der Waals surface area contributed by atoms with E-state index in [1.54, 1.807) is 28.2 Å². The number of hydrogen-bond donors (Lipinski definition) is 2. The van der Waals surface area contributed by atoms with Gasteiger partial charge in [0.05, 0.1) is 12.6 Å². The van der Waals surface area contributed by atoms with Crippen molar-refractivity contribution in [3.05, 3.63) is 29.8 Å². The molecule has 0 saturated heterocycles. The van der Waals surface area contributed by atoms with Crippen molar-refractivity contribution < 1.29 is 14.3 Å². The number of amides is 2. The Morgan fingerprint density at radius 3 is 2.43 bits per heavy atom. The zero-order chi connectivity index (χ0) is 20.9. The largest absolute Gasteiger partial charge is 0.487 e. The first-order chi connectivity index (χ1) is 13.1. The molecule has 1 aromatic rings. The Morgan fingerprint density at radius 2 is 1.79 bits per heavy atom. The van der Waals surface area contributed by atoms with Gasteiger partial charge >= 0.3 is 0 Å². The fourth-order valence-electron chi connectivity index (χ4n) is 2.85. The minimum atomic E-state index is -0.351. The van der Waals surface area contributed by atoms with E-state index in [-0.39, 0.29) is 36.5 Å². The van der Waals surface area contributed by atoms with E-state index in [0.29, 0.717) is 12.4 Å². The number of carbonyl (C=O) groups excluding carboxylic acids is 2. The van der Waals surface area contributed by atoms with Gasteiger partial charge in [0.15, 0.2) is 5.96 Å². The lowest BCUT2D eigenvalue weighted by molar-refractivity contribution is -0.127. The average molecular weight is 390 g/mol. The van der Waals surface area contributed by atoms with E-state index >= 15 is 0 Å². The molecule has 1 aliphatic heterocycles. The number of hydrogen-bond acceptors (Lipinski definition) is 4. The summed E-state index contributed by atoms with van der Waals surface area (Å²) in [5.74, 6) is 1.04. The van der Waals surface area contributed by atoms with Crippen LogP contribution in [-0.4, -0.2) is 74.5 Å². The molecule has 1 aliphatic rings. The fraction of sp³-hybridized carbons (Fsp3) is 0.550. The Morgan fingerprint density at radius 1 is 1.14 bits per heavy atom. The van der Waals surface area contributed by atoms with Crippen molar-refractivity contribution in [1.29, 1.82) is 0 Å². The first-order valence-electron chi connectivity index (χ1n) is 9.32. The highest BCUT2D eigenvalue weighted by atomic mass is 16.5. The number of likely N-dealkylation sites (N-methyl/N-ethyl adjacent to an activating group) is 2. The fourth-order valence-corrected chi connectivity index (χ4v) is 2.85. The summed E-state index contributed by atoms with van der Waals surface area (Å²) in [6, 6.07) is 7.80. The molecule has 1 aromatic carbocycles. The number of aliphatic imine (C=N–C) groups is 1. The summed E-state index contributed by atoms with van der Waals surface area (Å²) >= 11 is 0. The Hall–Kier alpha value is -2.77. The van der Waals surface area contributed by atoms with E-state index in [1.165, 1.54) is 9.80 Å². The van der Waals surface area contributed by atoms with Gasteiger partial charge in [-0.2, -0.15) is 0 Å². The second-order valence-corrected chi connectivity index (χ2v) is 7.90. The van der Waals surface area contributed by atoms with Crippen molar-refractivity contribution in [3.8, 4) is 5.75 Å². The third-order valence-corrected chi connectivity index (χ3v) is 4.46. The summed E-state index contributed by atoms with van der Waals surface area (Å²) in [7, 11) is 6.76. The maximum Gasteiger partial charge on any atom is 0.243 e. The summed E-state index contributed by atoms with van der Waals surface area (Å²) in [6.45, 7) is 4.15. The molecule has 8 nitrogen and oxygen atoms in total. The number of ether oxygens (including phenoxy) is 1. The molecule has 2 N–H and O–H groups in total. The summed E-state index contributed by atoms with van der Waals surface area (Å²) < 4.78 is 6.07. The molecule has 154 valence electrons. The predicted octanol–water partition coefficient (Wildman–Crippen LogP) is 1.00. The quantitative estimate of drug-likeness (QED) is 0.580. The Balaban J connectivity index is 2.21. The summed E-state index contributed by atoms with van der Waals surface area (Å²) in [6.07, 6.45) is 0.716. The monoisotopic (exact) mass is 389 g/mol. The minimum absolute atomic E-state index is 0.00719. The van der Waals surface area contributed by atoms with Crippen LogP contribution < -0.4 is 15.4 Å². The van der Waals surface area contributed by atoms with E-state index in [4.69, 9.17) is 4.74 Å². The van der Waals surface area contributed by atoms with Crippen molar-refractivity contribution >= 4 is 17.8 Å². The third-order valence-electron chi connectivity index (χ3n) is 4.46. The van der Waals surface area contributed by atoms with Crippen LogP contribution >= 0.6 is 0 Å². The van der Waals surface area contributed by atoms with E-state index in [1.807, 2.05) is 38.1 Å². The lowest BCUT2D eigenvalue weighted by Gasteiger charge is -2.38. The molecule has 8 heteroatoms. The van der Waals surface area contributed by atoms with Crippen LogP contribution in [0.1, 0.15) is 31.9 Å². The van der Waals surface area contributed by atoms with Gasteiger partial charge in [-0.1, -0.05) is 18.2 Å². The van der Waals surface area contributed by atoms with Crippen molar-refractivity contribution in [2.24, 2.45) is 4.99 Å². The lowest BCUT2D eigenvalue weighted by Crippen LogP contribution is -2.47. The minimum Gasteiger partial charge on any atom is -0.487 e. The second kappa shape index (κ2) is 8.95. The molecule has 2 rings (SSSR count). The molecule has 0 radical (unpaired) electrons.